The fourth-order valence-electron chi connectivity index (χ4n) is 1.85. The molecule has 2 atom stereocenters. The number of carbonyl (C=O) groups excluding carboxylic acids is 1. The van der Waals surface area contributed by atoms with Crippen LogP contribution in [0, 0.1) is 0 Å². The van der Waals surface area contributed by atoms with Crippen LogP contribution in [0.25, 0.3) is 0 Å². The molecule has 0 heterocycles. The average molecular weight is 307 g/mol. The van der Waals surface area contributed by atoms with Crippen molar-refractivity contribution in [2.45, 2.75) is 65.6 Å². The second-order valence-electron chi connectivity index (χ2n) is 5.75. The van der Waals surface area contributed by atoms with Gasteiger partial charge in [-0.3, -0.25) is 4.79 Å². The highest BCUT2D eigenvalue weighted by atomic mass is 16.5. The van der Waals surface area contributed by atoms with Crippen LogP contribution in [0.5, 0.6) is 5.75 Å². The third-order valence-corrected chi connectivity index (χ3v) is 3.80. The van der Waals surface area contributed by atoms with Crippen LogP contribution in [0.2, 0.25) is 0 Å². The van der Waals surface area contributed by atoms with Gasteiger partial charge in [-0.25, -0.2) is 0 Å². The van der Waals surface area contributed by atoms with Gasteiger partial charge in [-0.15, -0.1) is 0 Å². The Balaban J connectivity index is 2.67. The monoisotopic (exact) mass is 307 g/mol. The first-order valence-electron chi connectivity index (χ1n) is 8.17. The van der Waals surface area contributed by atoms with Crippen molar-refractivity contribution >= 4 is 11.6 Å². The molecule has 1 aromatic carbocycles. The minimum Gasteiger partial charge on any atom is -0.491 e. The number of nitrogens with one attached hydrogen (secondary N) is 1. The quantitative estimate of drug-likeness (QED) is 0.735. The molecule has 1 amide bonds. The zero-order valence-corrected chi connectivity index (χ0v) is 14.4. The van der Waals surface area contributed by atoms with Crippen molar-refractivity contribution in [2.24, 2.45) is 0 Å². The smallest absolute Gasteiger partial charge is 0.256 e. The van der Waals surface area contributed by atoms with Gasteiger partial charge in [-0.05, 0) is 57.4 Å². The predicted octanol–water partition coefficient (Wildman–Crippen LogP) is 4.40. The van der Waals surface area contributed by atoms with Crippen molar-refractivity contribution in [1.29, 1.82) is 0 Å². The fraction of sp³-hybridized carbons (Fsp3) is 0.611. The second-order valence-corrected chi connectivity index (χ2v) is 5.75. The summed E-state index contributed by atoms with van der Waals surface area (Å²) in [5.74, 6) is 0.701. The number of ether oxygens (including phenoxy) is 2. The summed E-state index contributed by atoms with van der Waals surface area (Å²) >= 11 is 0. The van der Waals surface area contributed by atoms with Gasteiger partial charge in [0.25, 0.3) is 5.91 Å². The first-order chi connectivity index (χ1) is 10.4. The van der Waals surface area contributed by atoms with E-state index in [4.69, 9.17) is 9.47 Å². The van der Waals surface area contributed by atoms with Gasteiger partial charge in [-0.1, -0.05) is 20.8 Å². The molecule has 0 unspecified atom stereocenters. The average Bonchev–Trinajstić information content (AvgIpc) is 2.54. The number of anilines is 1. The van der Waals surface area contributed by atoms with E-state index in [9.17, 15) is 4.79 Å². The van der Waals surface area contributed by atoms with Crippen LogP contribution in [-0.4, -0.2) is 24.2 Å². The molecule has 0 aliphatic carbocycles. The van der Waals surface area contributed by atoms with Crippen LogP contribution in [0.3, 0.4) is 0 Å². The lowest BCUT2D eigenvalue weighted by Gasteiger charge is -2.27. The maximum absolute atomic E-state index is 12.4. The maximum atomic E-state index is 12.4. The van der Waals surface area contributed by atoms with Crippen molar-refractivity contribution in [3.8, 4) is 5.75 Å². The zero-order valence-electron chi connectivity index (χ0n) is 14.4. The minimum atomic E-state index is -0.790. The standard InChI is InChI=1S/C18H29NO3/c1-6-13-21-18(5,8-3)17(20)19-15-9-11-16(12-10-15)22-14(4)7-2/h9-12,14H,6-8,13H2,1-5H3,(H,19,20)/t14-,18+/m0/s1. The summed E-state index contributed by atoms with van der Waals surface area (Å²) in [5.41, 5.74) is -0.0386. The molecule has 22 heavy (non-hydrogen) atoms. The van der Waals surface area contributed by atoms with Gasteiger partial charge in [-0.2, -0.15) is 0 Å². The maximum Gasteiger partial charge on any atom is 0.256 e. The lowest BCUT2D eigenvalue weighted by atomic mass is 10.0. The number of hydrogen-bond acceptors (Lipinski definition) is 3. The van der Waals surface area contributed by atoms with Gasteiger partial charge >= 0.3 is 0 Å². The van der Waals surface area contributed by atoms with Crippen LogP contribution in [0.15, 0.2) is 24.3 Å². The van der Waals surface area contributed by atoms with Crippen LogP contribution >= 0.6 is 0 Å². The normalized spacial score (nSPS) is 15.0. The summed E-state index contributed by atoms with van der Waals surface area (Å²) in [6.45, 7) is 10.5. The van der Waals surface area contributed by atoms with E-state index in [0.29, 0.717) is 13.0 Å². The van der Waals surface area contributed by atoms with E-state index >= 15 is 0 Å². The molecule has 0 aromatic heterocycles. The summed E-state index contributed by atoms with van der Waals surface area (Å²) in [7, 11) is 0. The van der Waals surface area contributed by atoms with Crippen molar-refractivity contribution in [1.82, 2.24) is 0 Å². The largest absolute Gasteiger partial charge is 0.491 e. The number of hydrogen-bond donors (Lipinski definition) is 1. The van der Waals surface area contributed by atoms with Crippen molar-refractivity contribution < 1.29 is 14.3 Å². The van der Waals surface area contributed by atoms with Crippen LogP contribution < -0.4 is 10.1 Å². The summed E-state index contributed by atoms with van der Waals surface area (Å²) < 4.78 is 11.4. The Morgan fingerprint density at radius 1 is 1.23 bits per heavy atom. The molecule has 1 aromatic rings. The lowest BCUT2D eigenvalue weighted by molar-refractivity contribution is -0.139. The second kappa shape index (κ2) is 8.79. The Morgan fingerprint density at radius 2 is 1.86 bits per heavy atom. The first kappa shape index (κ1) is 18.5. The highest BCUT2D eigenvalue weighted by Crippen LogP contribution is 2.21. The van der Waals surface area contributed by atoms with Crippen molar-refractivity contribution in [3.63, 3.8) is 0 Å². The summed E-state index contributed by atoms with van der Waals surface area (Å²) in [6.07, 6.45) is 2.67. The molecular formula is C18H29NO3. The van der Waals surface area contributed by atoms with Gasteiger partial charge in [0.15, 0.2) is 0 Å². The molecular weight excluding hydrogens is 278 g/mol. The third-order valence-electron chi connectivity index (χ3n) is 3.80. The molecule has 0 fully saturated rings. The summed E-state index contributed by atoms with van der Waals surface area (Å²) in [4.78, 5) is 12.4. The van der Waals surface area contributed by atoms with E-state index in [1.165, 1.54) is 0 Å². The Labute approximate surface area is 134 Å². The molecule has 4 nitrogen and oxygen atoms in total. The SMILES string of the molecule is CCCO[C@](C)(CC)C(=O)Nc1ccc(O[C@@H](C)CC)cc1. The molecule has 0 aliphatic rings. The molecule has 0 saturated carbocycles. The van der Waals surface area contributed by atoms with E-state index in [2.05, 4.69) is 12.2 Å². The third kappa shape index (κ3) is 5.34. The van der Waals surface area contributed by atoms with E-state index in [0.717, 1.165) is 24.3 Å². The van der Waals surface area contributed by atoms with Gasteiger partial charge in [0, 0.05) is 12.3 Å². The van der Waals surface area contributed by atoms with E-state index in [1.807, 2.05) is 52.0 Å². The van der Waals surface area contributed by atoms with Gasteiger partial charge in [0.05, 0.1) is 6.10 Å². The Morgan fingerprint density at radius 3 is 2.36 bits per heavy atom. The number of benzene rings is 1. The van der Waals surface area contributed by atoms with Gasteiger partial charge in [0.2, 0.25) is 0 Å². The highest BCUT2D eigenvalue weighted by Gasteiger charge is 2.32. The molecule has 1 rings (SSSR count). The Kier molecular flexibility index (Phi) is 7.39. The number of amides is 1. The minimum absolute atomic E-state index is 0.112. The Bertz CT molecular complexity index is 458. The predicted molar refractivity (Wildman–Crippen MR) is 90.4 cm³/mol. The topological polar surface area (TPSA) is 47.6 Å². The van der Waals surface area contributed by atoms with E-state index in [-0.39, 0.29) is 12.0 Å². The van der Waals surface area contributed by atoms with Crippen molar-refractivity contribution in [2.75, 3.05) is 11.9 Å². The first-order valence-corrected chi connectivity index (χ1v) is 8.17. The van der Waals surface area contributed by atoms with E-state index < -0.39 is 5.60 Å². The van der Waals surface area contributed by atoms with Crippen LogP contribution in [0.1, 0.15) is 53.9 Å². The fourth-order valence-corrected chi connectivity index (χ4v) is 1.85. The molecule has 124 valence electrons. The van der Waals surface area contributed by atoms with Crippen molar-refractivity contribution in [3.05, 3.63) is 24.3 Å². The summed E-state index contributed by atoms with van der Waals surface area (Å²) in [5, 5.41) is 2.92. The molecule has 0 bridgehead atoms. The van der Waals surface area contributed by atoms with Gasteiger partial charge in [0.1, 0.15) is 11.4 Å². The zero-order chi connectivity index (χ0) is 16.6. The molecule has 0 spiro atoms. The van der Waals surface area contributed by atoms with Crippen LogP contribution in [0.4, 0.5) is 5.69 Å². The number of rotatable bonds is 9. The lowest BCUT2D eigenvalue weighted by Crippen LogP contribution is -2.42. The number of carbonyl (C=O) groups is 1. The van der Waals surface area contributed by atoms with Gasteiger partial charge < -0.3 is 14.8 Å². The van der Waals surface area contributed by atoms with E-state index in [1.54, 1.807) is 0 Å². The van der Waals surface area contributed by atoms with Crippen LogP contribution in [-0.2, 0) is 9.53 Å². The molecule has 0 saturated heterocycles. The molecule has 0 aliphatic heterocycles. The molecule has 1 N–H and O–H groups in total. The molecule has 0 radical (unpaired) electrons. The highest BCUT2D eigenvalue weighted by molar-refractivity contribution is 5.97. The molecule has 4 heteroatoms. The summed E-state index contributed by atoms with van der Waals surface area (Å²) in [6, 6.07) is 7.45. The Hall–Kier alpha value is -1.55.